The summed E-state index contributed by atoms with van der Waals surface area (Å²) in [5.74, 6) is 0. The monoisotopic (exact) mass is 244 g/mol. The van der Waals surface area contributed by atoms with Crippen LogP contribution in [0.1, 0.15) is 6.92 Å². The van der Waals surface area contributed by atoms with Crippen molar-refractivity contribution < 1.29 is 9.47 Å². The number of ether oxygens (including phenoxy) is 2. The van der Waals surface area contributed by atoms with Crippen LogP contribution in [0.2, 0.25) is 0 Å². The van der Waals surface area contributed by atoms with Crippen molar-refractivity contribution in [1.82, 2.24) is 0 Å². The summed E-state index contributed by atoms with van der Waals surface area (Å²) in [6, 6.07) is 0. The van der Waals surface area contributed by atoms with E-state index >= 15 is 0 Å². The fourth-order valence-corrected chi connectivity index (χ4v) is 1.42. The van der Waals surface area contributed by atoms with Gasteiger partial charge in [0.25, 0.3) is 3.61 Å². The molecule has 0 saturated carbocycles. The smallest absolute Gasteiger partial charge is 0.285 e. The van der Waals surface area contributed by atoms with Crippen LogP contribution >= 0.6 is 31.9 Å². The van der Waals surface area contributed by atoms with Crippen LogP contribution in [0.5, 0.6) is 0 Å². The number of halogens is 2. The summed E-state index contributed by atoms with van der Waals surface area (Å²) >= 11 is 6.31. The fraction of sp³-hybridized carbons (Fsp3) is 1.00. The Balaban J connectivity index is 2.44. The van der Waals surface area contributed by atoms with Gasteiger partial charge in [0.15, 0.2) is 0 Å². The molecule has 4 heteroatoms. The highest BCUT2D eigenvalue weighted by atomic mass is 79.9. The van der Waals surface area contributed by atoms with Crippen molar-refractivity contribution in [3.05, 3.63) is 0 Å². The molecule has 0 spiro atoms. The molecule has 8 heavy (non-hydrogen) atoms. The first kappa shape index (κ1) is 6.99. The van der Waals surface area contributed by atoms with Gasteiger partial charge in [0, 0.05) is 0 Å². The van der Waals surface area contributed by atoms with Gasteiger partial charge in [0.1, 0.15) is 0 Å². The molecule has 1 aliphatic rings. The Hall–Kier alpha value is 0.880. The van der Waals surface area contributed by atoms with Crippen LogP contribution < -0.4 is 0 Å². The second-order valence-corrected chi connectivity index (χ2v) is 4.85. The predicted octanol–water partition coefficient (Wildman–Crippen LogP) is 1.82. The van der Waals surface area contributed by atoms with E-state index in [2.05, 4.69) is 31.9 Å². The van der Waals surface area contributed by atoms with Crippen molar-refractivity contribution in [2.24, 2.45) is 0 Å². The zero-order chi connectivity index (χ0) is 6.20. The number of alkyl halides is 2. The highest BCUT2D eigenvalue weighted by molar-refractivity contribution is 9.25. The lowest BCUT2D eigenvalue weighted by molar-refractivity contribution is 0.000299. The van der Waals surface area contributed by atoms with Gasteiger partial charge in [-0.15, -0.1) is 0 Å². The minimum atomic E-state index is -0.709. The quantitative estimate of drug-likeness (QED) is 0.607. The Morgan fingerprint density at radius 1 is 1.62 bits per heavy atom. The summed E-state index contributed by atoms with van der Waals surface area (Å²) in [6.07, 6.45) is 0.175. The van der Waals surface area contributed by atoms with E-state index in [-0.39, 0.29) is 6.10 Å². The molecule has 1 atom stereocenters. The van der Waals surface area contributed by atoms with Crippen LogP contribution in [-0.2, 0) is 9.47 Å². The maximum absolute atomic E-state index is 5.16. The second kappa shape index (κ2) is 2.25. The minimum Gasteiger partial charge on any atom is -0.329 e. The van der Waals surface area contributed by atoms with Crippen molar-refractivity contribution >= 4 is 31.9 Å². The molecule has 1 aliphatic heterocycles. The Morgan fingerprint density at radius 2 is 2.25 bits per heavy atom. The molecule has 0 N–H and O–H groups in total. The summed E-state index contributed by atoms with van der Waals surface area (Å²) in [4.78, 5) is 0. The van der Waals surface area contributed by atoms with Gasteiger partial charge in [-0.3, -0.25) is 0 Å². The first-order valence-electron chi connectivity index (χ1n) is 2.30. The molecule has 1 rings (SSSR count). The Bertz CT molecular complexity index is 94.0. The van der Waals surface area contributed by atoms with Gasteiger partial charge in [-0.1, -0.05) is 0 Å². The summed E-state index contributed by atoms with van der Waals surface area (Å²) in [6.45, 7) is 2.58. The average molecular weight is 246 g/mol. The van der Waals surface area contributed by atoms with Gasteiger partial charge in [-0.25, -0.2) is 0 Å². The molecule has 0 amide bonds. The van der Waals surface area contributed by atoms with E-state index in [1.165, 1.54) is 0 Å². The molecular formula is C4H6Br2O2. The molecular weight excluding hydrogens is 240 g/mol. The molecule has 0 bridgehead atoms. The van der Waals surface area contributed by atoms with E-state index < -0.39 is 3.61 Å². The zero-order valence-electron chi connectivity index (χ0n) is 4.36. The lowest BCUT2D eigenvalue weighted by atomic mass is 10.5. The van der Waals surface area contributed by atoms with Crippen molar-refractivity contribution in [2.75, 3.05) is 6.61 Å². The molecule has 2 nitrogen and oxygen atoms in total. The van der Waals surface area contributed by atoms with Crippen LogP contribution in [-0.4, -0.2) is 16.3 Å². The Labute approximate surface area is 64.8 Å². The van der Waals surface area contributed by atoms with E-state index in [9.17, 15) is 0 Å². The van der Waals surface area contributed by atoms with Gasteiger partial charge in [-0.05, 0) is 38.8 Å². The molecule has 1 unspecified atom stereocenters. The third-order valence-corrected chi connectivity index (χ3v) is 1.66. The van der Waals surface area contributed by atoms with Gasteiger partial charge in [0.05, 0.1) is 12.7 Å². The number of hydrogen-bond acceptors (Lipinski definition) is 2. The van der Waals surface area contributed by atoms with Crippen LogP contribution in [0.25, 0.3) is 0 Å². The topological polar surface area (TPSA) is 18.5 Å². The molecule has 0 aromatic heterocycles. The van der Waals surface area contributed by atoms with Crippen LogP contribution in [0.15, 0.2) is 0 Å². The highest BCUT2D eigenvalue weighted by Crippen LogP contribution is 2.35. The van der Waals surface area contributed by atoms with Crippen LogP contribution in [0.3, 0.4) is 0 Å². The summed E-state index contributed by atoms with van der Waals surface area (Å²) in [5, 5.41) is 0. The Kier molecular flexibility index (Phi) is 1.97. The SMILES string of the molecule is CC1COC(Br)(Br)O1. The first-order chi connectivity index (χ1) is 3.60. The standard InChI is InChI=1S/C4H6Br2O2/c1-3-2-7-4(5,6)8-3/h3H,2H2,1H3. The van der Waals surface area contributed by atoms with Gasteiger partial charge >= 0.3 is 0 Å². The number of rotatable bonds is 0. The molecule has 1 fully saturated rings. The number of hydrogen-bond donors (Lipinski definition) is 0. The van der Waals surface area contributed by atoms with Gasteiger partial charge < -0.3 is 9.47 Å². The summed E-state index contributed by atoms with van der Waals surface area (Å²) in [5.41, 5.74) is 0. The first-order valence-corrected chi connectivity index (χ1v) is 3.88. The maximum atomic E-state index is 5.16. The lowest BCUT2D eigenvalue weighted by Gasteiger charge is -2.09. The van der Waals surface area contributed by atoms with Crippen molar-refractivity contribution in [1.29, 1.82) is 0 Å². The predicted molar refractivity (Wildman–Crippen MR) is 37.1 cm³/mol. The van der Waals surface area contributed by atoms with Gasteiger partial charge in [-0.2, -0.15) is 0 Å². The van der Waals surface area contributed by atoms with E-state index in [0.29, 0.717) is 6.61 Å². The fourth-order valence-electron chi connectivity index (χ4n) is 0.517. The molecule has 1 heterocycles. The van der Waals surface area contributed by atoms with E-state index in [1.807, 2.05) is 6.92 Å². The Morgan fingerprint density at radius 3 is 2.38 bits per heavy atom. The molecule has 0 aromatic rings. The van der Waals surface area contributed by atoms with Crippen molar-refractivity contribution in [2.45, 2.75) is 16.6 Å². The van der Waals surface area contributed by atoms with Gasteiger partial charge in [0.2, 0.25) is 0 Å². The van der Waals surface area contributed by atoms with Crippen LogP contribution in [0, 0.1) is 0 Å². The molecule has 0 aromatic carbocycles. The third-order valence-electron chi connectivity index (χ3n) is 0.824. The summed E-state index contributed by atoms with van der Waals surface area (Å²) in [7, 11) is 0. The largest absolute Gasteiger partial charge is 0.329 e. The summed E-state index contributed by atoms with van der Waals surface area (Å²) < 4.78 is 9.51. The van der Waals surface area contributed by atoms with Crippen molar-refractivity contribution in [3.8, 4) is 0 Å². The second-order valence-electron chi connectivity index (χ2n) is 1.70. The molecule has 0 radical (unpaired) electrons. The van der Waals surface area contributed by atoms with Crippen molar-refractivity contribution in [3.63, 3.8) is 0 Å². The maximum Gasteiger partial charge on any atom is 0.285 e. The average Bonchev–Trinajstić information content (AvgIpc) is 1.82. The zero-order valence-corrected chi connectivity index (χ0v) is 7.53. The van der Waals surface area contributed by atoms with E-state index in [1.54, 1.807) is 0 Å². The van der Waals surface area contributed by atoms with E-state index in [4.69, 9.17) is 9.47 Å². The molecule has 48 valence electrons. The van der Waals surface area contributed by atoms with E-state index in [0.717, 1.165) is 0 Å². The normalized spacial score (nSPS) is 35.6. The lowest BCUT2D eigenvalue weighted by Crippen LogP contribution is -2.11. The molecule has 1 saturated heterocycles. The molecule has 0 aliphatic carbocycles. The van der Waals surface area contributed by atoms with Crippen LogP contribution in [0.4, 0.5) is 0 Å². The highest BCUT2D eigenvalue weighted by Gasteiger charge is 2.33. The third kappa shape index (κ3) is 1.69. The minimum absolute atomic E-state index is 0.175.